The van der Waals surface area contributed by atoms with E-state index in [1.54, 1.807) is 0 Å². The zero-order valence-electron chi connectivity index (χ0n) is 35.2. The van der Waals surface area contributed by atoms with E-state index >= 15 is 0 Å². The van der Waals surface area contributed by atoms with Crippen LogP contribution in [0.4, 0.5) is 0 Å². The first-order chi connectivity index (χ1) is 26.9. The van der Waals surface area contributed by atoms with Crippen molar-refractivity contribution in [2.45, 2.75) is 224 Å². The average molecular weight is 781 g/mol. The van der Waals surface area contributed by atoms with E-state index in [2.05, 4.69) is 50.3 Å². The number of rotatable bonds is 38. The molecule has 0 aliphatic carbocycles. The summed E-state index contributed by atoms with van der Waals surface area (Å²) in [5, 5.41) is 40.1. The van der Waals surface area contributed by atoms with Crippen molar-refractivity contribution < 1.29 is 44.2 Å². The van der Waals surface area contributed by atoms with Gasteiger partial charge in [0.05, 0.1) is 19.8 Å². The van der Waals surface area contributed by atoms with Gasteiger partial charge in [0.2, 0.25) is 0 Å². The monoisotopic (exact) mass is 781 g/mol. The first-order valence-electron chi connectivity index (χ1n) is 22.6. The Kier molecular flexibility index (Phi) is 35.5. The molecule has 0 spiro atoms. The maximum Gasteiger partial charge on any atom is 0.306 e. The summed E-state index contributed by atoms with van der Waals surface area (Å²) < 4.78 is 22.8. The zero-order valence-corrected chi connectivity index (χ0v) is 35.2. The molecule has 6 unspecified atom stereocenters. The molecule has 1 fully saturated rings. The lowest BCUT2D eigenvalue weighted by atomic mass is 9.99. The number of esters is 1. The first kappa shape index (κ1) is 51.4. The molecule has 0 amide bonds. The average Bonchev–Trinajstić information content (AvgIpc) is 3.18. The van der Waals surface area contributed by atoms with Crippen molar-refractivity contribution >= 4 is 5.97 Å². The minimum Gasteiger partial charge on any atom is -0.457 e. The van der Waals surface area contributed by atoms with E-state index in [9.17, 15) is 25.2 Å². The van der Waals surface area contributed by atoms with Gasteiger partial charge < -0.3 is 39.4 Å². The zero-order chi connectivity index (χ0) is 40.0. The summed E-state index contributed by atoms with van der Waals surface area (Å²) in [6.45, 7) is 4.50. The number of hydrogen-bond donors (Lipinski definition) is 4. The summed E-state index contributed by atoms with van der Waals surface area (Å²) in [5.74, 6) is -0.329. The number of ether oxygens (including phenoxy) is 4. The molecule has 1 saturated heterocycles. The van der Waals surface area contributed by atoms with Gasteiger partial charge in [-0.3, -0.25) is 4.79 Å². The van der Waals surface area contributed by atoms with E-state index in [-0.39, 0.29) is 19.2 Å². The fourth-order valence-electron chi connectivity index (χ4n) is 6.68. The van der Waals surface area contributed by atoms with Crippen LogP contribution in [-0.4, -0.2) is 89.6 Å². The Morgan fingerprint density at radius 1 is 0.582 bits per heavy atom. The topological polar surface area (TPSA) is 135 Å². The van der Waals surface area contributed by atoms with E-state index in [4.69, 9.17) is 18.9 Å². The fraction of sp³-hybridized carbons (Fsp3) is 0.848. The van der Waals surface area contributed by atoms with E-state index in [1.165, 1.54) is 109 Å². The smallest absolute Gasteiger partial charge is 0.306 e. The highest BCUT2D eigenvalue weighted by atomic mass is 16.7. The van der Waals surface area contributed by atoms with Crippen molar-refractivity contribution in [1.82, 2.24) is 0 Å². The standard InChI is InChI=1S/C46H84O9/c1-3-5-7-9-11-13-15-17-19-20-21-22-24-26-28-30-32-34-36-52-38-40(39-53-46-45(51)44(50)43(49)41(37-47)55-46)54-42(48)35-33-31-29-27-25-23-18-16-14-12-10-8-6-4-2/h10,12,16-19,40-41,43-47,49-51H,3-9,11,13-15,20-39H2,1-2H3/b12-10-,18-16-,19-17-. The Bertz CT molecular complexity index is 936. The van der Waals surface area contributed by atoms with Crippen LogP contribution < -0.4 is 0 Å². The second kappa shape index (κ2) is 38.0. The molecule has 1 heterocycles. The Hall–Kier alpha value is -1.59. The van der Waals surface area contributed by atoms with Crippen LogP contribution in [0.2, 0.25) is 0 Å². The molecular weight excluding hydrogens is 696 g/mol. The van der Waals surface area contributed by atoms with Crippen LogP contribution in [0.3, 0.4) is 0 Å². The van der Waals surface area contributed by atoms with E-state index in [0.29, 0.717) is 13.0 Å². The van der Waals surface area contributed by atoms with Crippen molar-refractivity contribution in [2.24, 2.45) is 0 Å². The molecule has 1 aliphatic heterocycles. The third-order valence-electron chi connectivity index (χ3n) is 10.3. The molecule has 0 saturated carbocycles. The normalized spacial score (nSPS) is 21.0. The lowest BCUT2D eigenvalue weighted by Crippen LogP contribution is -2.59. The molecule has 4 N–H and O–H groups in total. The number of hydrogen-bond acceptors (Lipinski definition) is 9. The second-order valence-corrected chi connectivity index (χ2v) is 15.5. The van der Waals surface area contributed by atoms with Crippen LogP contribution in [0, 0.1) is 0 Å². The van der Waals surface area contributed by atoms with Crippen LogP contribution in [0.15, 0.2) is 36.5 Å². The van der Waals surface area contributed by atoms with Crippen molar-refractivity contribution in [3.8, 4) is 0 Å². The van der Waals surface area contributed by atoms with E-state index in [0.717, 1.165) is 57.8 Å². The van der Waals surface area contributed by atoms with Gasteiger partial charge in [-0.1, -0.05) is 153 Å². The number of unbranched alkanes of at least 4 members (excludes halogenated alkanes) is 21. The predicted molar refractivity (Wildman–Crippen MR) is 224 cm³/mol. The minimum atomic E-state index is -1.54. The van der Waals surface area contributed by atoms with Gasteiger partial charge in [-0.15, -0.1) is 0 Å². The summed E-state index contributed by atoms with van der Waals surface area (Å²) in [7, 11) is 0. The summed E-state index contributed by atoms with van der Waals surface area (Å²) in [6.07, 6.45) is 37.4. The van der Waals surface area contributed by atoms with Crippen LogP contribution in [0.1, 0.15) is 187 Å². The fourth-order valence-corrected chi connectivity index (χ4v) is 6.68. The third kappa shape index (κ3) is 29.3. The van der Waals surface area contributed by atoms with Crippen molar-refractivity contribution in [3.63, 3.8) is 0 Å². The molecule has 1 aliphatic rings. The molecule has 0 radical (unpaired) electrons. The molecule has 322 valence electrons. The van der Waals surface area contributed by atoms with Gasteiger partial charge in [-0.25, -0.2) is 0 Å². The van der Waals surface area contributed by atoms with Gasteiger partial charge in [0.15, 0.2) is 6.29 Å². The van der Waals surface area contributed by atoms with Crippen molar-refractivity contribution in [3.05, 3.63) is 36.5 Å². The molecule has 0 aromatic heterocycles. The van der Waals surface area contributed by atoms with E-state index < -0.39 is 43.4 Å². The highest BCUT2D eigenvalue weighted by molar-refractivity contribution is 5.69. The van der Waals surface area contributed by atoms with Gasteiger partial charge in [0.1, 0.15) is 30.5 Å². The minimum absolute atomic E-state index is 0.120. The summed E-state index contributed by atoms with van der Waals surface area (Å²) >= 11 is 0. The van der Waals surface area contributed by atoms with Crippen LogP contribution in [0.5, 0.6) is 0 Å². The summed E-state index contributed by atoms with van der Waals surface area (Å²) in [4.78, 5) is 12.8. The number of carbonyl (C=O) groups excluding carboxylic acids is 1. The molecule has 6 atom stereocenters. The van der Waals surface area contributed by atoms with Crippen LogP contribution in [0.25, 0.3) is 0 Å². The number of aliphatic hydroxyl groups is 4. The molecule has 0 bridgehead atoms. The van der Waals surface area contributed by atoms with Gasteiger partial charge in [-0.2, -0.15) is 0 Å². The quantitative estimate of drug-likeness (QED) is 0.0274. The van der Waals surface area contributed by atoms with Crippen molar-refractivity contribution in [1.29, 1.82) is 0 Å². The van der Waals surface area contributed by atoms with Gasteiger partial charge in [0, 0.05) is 13.0 Å². The molecule has 9 heteroatoms. The molecule has 55 heavy (non-hydrogen) atoms. The van der Waals surface area contributed by atoms with Gasteiger partial charge in [0.25, 0.3) is 0 Å². The Morgan fingerprint density at radius 2 is 1.07 bits per heavy atom. The number of allylic oxidation sites excluding steroid dienone is 6. The Morgan fingerprint density at radius 3 is 1.64 bits per heavy atom. The van der Waals surface area contributed by atoms with Crippen LogP contribution >= 0.6 is 0 Å². The molecular formula is C46H84O9. The SMILES string of the molecule is CCCC/C=C\C/C=C\CCCCCCCC(=O)OC(COCCCCCCCCCC/C=C\CCCCCCCC)COC1OC(CO)C(O)C(O)C1O. The Labute approximate surface area is 336 Å². The Balaban J connectivity index is 2.27. The van der Waals surface area contributed by atoms with E-state index in [1.807, 2.05) is 0 Å². The summed E-state index contributed by atoms with van der Waals surface area (Å²) in [5.41, 5.74) is 0. The number of carbonyl (C=O) groups is 1. The first-order valence-corrected chi connectivity index (χ1v) is 22.6. The molecule has 1 rings (SSSR count). The summed E-state index contributed by atoms with van der Waals surface area (Å²) in [6, 6.07) is 0. The third-order valence-corrected chi connectivity index (χ3v) is 10.3. The lowest BCUT2D eigenvalue weighted by Gasteiger charge is -2.39. The maximum atomic E-state index is 12.8. The molecule has 0 aromatic carbocycles. The van der Waals surface area contributed by atoms with Crippen molar-refractivity contribution in [2.75, 3.05) is 26.4 Å². The molecule has 0 aromatic rings. The van der Waals surface area contributed by atoms with Gasteiger partial charge >= 0.3 is 5.97 Å². The highest BCUT2D eigenvalue weighted by Crippen LogP contribution is 2.22. The molecule has 9 nitrogen and oxygen atoms in total. The highest BCUT2D eigenvalue weighted by Gasteiger charge is 2.44. The predicted octanol–water partition coefficient (Wildman–Crippen LogP) is 9.97. The maximum absolute atomic E-state index is 12.8. The largest absolute Gasteiger partial charge is 0.457 e. The number of aliphatic hydroxyl groups excluding tert-OH is 4. The second-order valence-electron chi connectivity index (χ2n) is 15.5. The van der Waals surface area contributed by atoms with Gasteiger partial charge in [-0.05, 0) is 64.2 Å². The van der Waals surface area contributed by atoms with Crippen LogP contribution in [-0.2, 0) is 23.7 Å². The lowest BCUT2D eigenvalue weighted by molar-refractivity contribution is -0.305.